The number of halogens is 3. The summed E-state index contributed by atoms with van der Waals surface area (Å²) in [6, 6.07) is 8.52. The van der Waals surface area contributed by atoms with Gasteiger partial charge in [-0.3, -0.25) is 9.36 Å². The quantitative estimate of drug-likeness (QED) is 0.416. The van der Waals surface area contributed by atoms with Gasteiger partial charge in [0.2, 0.25) is 0 Å². The predicted molar refractivity (Wildman–Crippen MR) is 115 cm³/mol. The Kier molecular flexibility index (Phi) is 6.80. The predicted octanol–water partition coefficient (Wildman–Crippen LogP) is 3.52. The number of hydrogen-bond donors (Lipinski definition) is 3. The molecule has 0 spiro atoms. The third-order valence-corrected chi connectivity index (χ3v) is 6.90. The van der Waals surface area contributed by atoms with Crippen molar-refractivity contribution in [2.45, 2.75) is 11.1 Å². The van der Waals surface area contributed by atoms with Crippen LogP contribution in [0.5, 0.6) is 0 Å². The van der Waals surface area contributed by atoms with Crippen molar-refractivity contribution in [3.05, 3.63) is 66.0 Å². The number of rotatable bonds is 6. The molecule has 0 aliphatic carbocycles. The molecule has 0 fully saturated rings. The van der Waals surface area contributed by atoms with Crippen LogP contribution in [0.2, 0.25) is 0 Å². The number of anilines is 2. The molecular weight excluding hydrogens is 500 g/mol. The van der Waals surface area contributed by atoms with E-state index in [4.69, 9.17) is 10.6 Å². The largest absolute Gasteiger partial charge is 0.416 e. The highest BCUT2D eigenvalue weighted by molar-refractivity contribution is 7.91. The fraction of sp³-hybridized carbons (Fsp3) is 0.105. The van der Waals surface area contributed by atoms with Crippen LogP contribution in [0.4, 0.5) is 24.7 Å². The Bertz CT molecular complexity index is 1370. The molecule has 0 bridgehead atoms. The second kappa shape index (κ2) is 9.14. The topological polar surface area (TPSA) is 162 Å². The average molecular weight is 516 g/mol. The standard InChI is InChI=1S/C19H16F3N4O6PS/c1-33(28,29)32-34(30,31)14-8-6-13(7-9-14)25-18(27)16-17(23)24-10-15(26-16)11-2-4-12(5-3-11)19(20,21)22/h2-10H,1H3,(H2,23,24)(H,25,27)(H,28,29). The SMILES string of the molecule is CP(=O)(O)OS(=O)(=O)c1ccc(NC(=O)c2nc(-c3ccc(C(F)(F)F)cc3)cnc2N)cc1. The van der Waals surface area contributed by atoms with Gasteiger partial charge in [0.15, 0.2) is 11.5 Å². The van der Waals surface area contributed by atoms with Gasteiger partial charge < -0.3 is 15.9 Å². The third-order valence-electron chi connectivity index (χ3n) is 4.16. The van der Waals surface area contributed by atoms with Crippen LogP contribution in [0.15, 0.2) is 59.6 Å². The monoisotopic (exact) mass is 516 g/mol. The van der Waals surface area contributed by atoms with Crippen molar-refractivity contribution in [1.82, 2.24) is 9.97 Å². The van der Waals surface area contributed by atoms with E-state index in [1.165, 1.54) is 30.5 Å². The first-order valence-corrected chi connectivity index (χ1v) is 12.6. The zero-order valence-corrected chi connectivity index (χ0v) is 18.9. The summed E-state index contributed by atoms with van der Waals surface area (Å²) in [5.74, 6) is -1.07. The molecule has 1 heterocycles. The second-order valence-corrected chi connectivity index (χ2v) is 10.5. The number of aromatic nitrogens is 2. The number of amides is 1. The van der Waals surface area contributed by atoms with Gasteiger partial charge >= 0.3 is 23.9 Å². The molecule has 15 heteroatoms. The van der Waals surface area contributed by atoms with E-state index in [0.29, 0.717) is 6.66 Å². The normalized spacial score (nSPS) is 13.8. The van der Waals surface area contributed by atoms with E-state index in [1.54, 1.807) is 0 Å². The lowest BCUT2D eigenvalue weighted by atomic mass is 10.1. The first kappa shape index (κ1) is 25.3. The zero-order chi connectivity index (χ0) is 25.3. The Morgan fingerprint density at radius 2 is 1.71 bits per heavy atom. The number of nitrogens with one attached hydrogen (secondary N) is 1. The Morgan fingerprint density at radius 3 is 2.24 bits per heavy atom. The van der Waals surface area contributed by atoms with Crippen molar-refractivity contribution in [1.29, 1.82) is 0 Å². The average Bonchev–Trinajstić information content (AvgIpc) is 2.72. The number of carbonyl (C=O) groups excluding carboxylic acids is 1. The molecular formula is C19H16F3N4O6PS. The van der Waals surface area contributed by atoms with Crippen LogP contribution in [-0.4, -0.2) is 35.9 Å². The van der Waals surface area contributed by atoms with Crippen LogP contribution >= 0.6 is 7.60 Å². The lowest BCUT2D eigenvalue weighted by molar-refractivity contribution is -0.137. The molecule has 4 N–H and O–H groups in total. The number of nitrogens with two attached hydrogens (primary N) is 1. The van der Waals surface area contributed by atoms with Crippen molar-refractivity contribution in [3.63, 3.8) is 0 Å². The molecule has 3 aromatic rings. The molecule has 0 saturated heterocycles. The zero-order valence-electron chi connectivity index (χ0n) is 17.1. The first-order chi connectivity index (χ1) is 15.7. The Morgan fingerprint density at radius 1 is 1.12 bits per heavy atom. The Balaban J connectivity index is 1.81. The van der Waals surface area contributed by atoms with Gasteiger partial charge in [-0.05, 0) is 36.4 Å². The van der Waals surface area contributed by atoms with Crippen molar-refractivity contribution >= 4 is 35.1 Å². The summed E-state index contributed by atoms with van der Waals surface area (Å²) >= 11 is 0. The van der Waals surface area contributed by atoms with E-state index in [9.17, 15) is 30.9 Å². The molecule has 34 heavy (non-hydrogen) atoms. The van der Waals surface area contributed by atoms with E-state index in [0.717, 1.165) is 24.3 Å². The first-order valence-electron chi connectivity index (χ1n) is 9.14. The van der Waals surface area contributed by atoms with Crippen LogP contribution in [0.3, 0.4) is 0 Å². The lowest BCUT2D eigenvalue weighted by Gasteiger charge is -2.11. The van der Waals surface area contributed by atoms with Gasteiger partial charge in [0, 0.05) is 17.9 Å². The molecule has 0 aliphatic heterocycles. The minimum Gasteiger partial charge on any atom is -0.382 e. The molecule has 2 aromatic carbocycles. The van der Waals surface area contributed by atoms with Crippen molar-refractivity contribution in [3.8, 4) is 11.3 Å². The smallest absolute Gasteiger partial charge is 0.382 e. The number of carbonyl (C=O) groups is 1. The maximum absolute atomic E-state index is 12.8. The van der Waals surface area contributed by atoms with Gasteiger partial charge in [-0.25, -0.2) is 9.97 Å². The second-order valence-electron chi connectivity index (χ2n) is 6.87. The number of nitrogens with zero attached hydrogens (tertiary/aromatic N) is 2. The molecule has 10 nitrogen and oxygen atoms in total. The van der Waals surface area contributed by atoms with Crippen molar-refractivity contribution < 1.29 is 39.8 Å². The van der Waals surface area contributed by atoms with Gasteiger partial charge in [-0.1, -0.05) is 12.1 Å². The van der Waals surface area contributed by atoms with Gasteiger partial charge in [0.05, 0.1) is 22.3 Å². The minimum absolute atomic E-state index is 0.0969. The highest BCUT2D eigenvalue weighted by atomic mass is 32.2. The van der Waals surface area contributed by atoms with E-state index in [2.05, 4.69) is 19.3 Å². The lowest BCUT2D eigenvalue weighted by Crippen LogP contribution is -2.17. The molecule has 1 atom stereocenters. The maximum atomic E-state index is 12.8. The van der Waals surface area contributed by atoms with Crippen LogP contribution in [0, 0.1) is 0 Å². The molecule has 1 aromatic heterocycles. The van der Waals surface area contributed by atoms with Gasteiger partial charge in [0.25, 0.3) is 5.91 Å². The van der Waals surface area contributed by atoms with Crippen molar-refractivity contribution in [2.24, 2.45) is 0 Å². The van der Waals surface area contributed by atoms with Crippen LogP contribution < -0.4 is 11.1 Å². The summed E-state index contributed by atoms with van der Waals surface area (Å²) in [5.41, 5.74) is 5.03. The van der Waals surface area contributed by atoms with Crippen LogP contribution in [0.25, 0.3) is 11.3 Å². The molecule has 1 amide bonds. The van der Waals surface area contributed by atoms with Crippen LogP contribution in [-0.2, 0) is 24.8 Å². The summed E-state index contributed by atoms with van der Waals surface area (Å²) in [7, 11) is -8.83. The number of alkyl halides is 3. The van der Waals surface area contributed by atoms with Crippen LogP contribution in [0.1, 0.15) is 16.1 Å². The molecule has 0 radical (unpaired) electrons. The van der Waals surface area contributed by atoms with Crippen molar-refractivity contribution in [2.75, 3.05) is 17.7 Å². The van der Waals surface area contributed by atoms with Gasteiger partial charge in [0.1, 0.15) is 0 Å². The highest BCUT2D eigenvalue weighted by Crippen LogP contribution is 2.40. The number of hydrogen-bond acceptors (Lipinski definition) is 8. The summed E-state index contributed by atoms with van der Waals surface area (Å²) in [6.45, 7) is 0.712. The summed E-state index contributed by atoms with van der Waals surface area (Å²) in [4.78, 5) is 29.2. The minimum atomic E-state index is -4.51. The van der Waals surface area contributed by atoms with E-state index in [-0.39, 0.29) is 28.5 Å². The third kappa shape index (κ3) is 6.17. The molecule has 180 valence electrons. The van der Waals surface area contributed by atoms with E-state index >= 15 is 0 Å². The summed E-state index contributed by atoms with van der Waals surface area (Å²) in [5, 5.41) is 2.42. The molecule has 3 rings (SSSR count). The molecule has 0 aliphatic rings. The summed E-state index contributed by atoms with van der Waals surface area (Å²) in [6.07, 6.45) is -3.31. The summed E-state index contributed by atoms with van der Waals surface area (Å²) < 4.78 is 77.6. The van der Waals surface area contributed by atoms with E-state index < -0.39 is 40.3 Å². The molecule has 0 saturated carbocycles. The fourth-order valence-corrected chi connectivity index (χ4v) is 4.93. The van der Waals surface area contributed by atoms with Gasteiger partial charge in [-0.2, -0.15) is 25.6 Å². The Labute approximate surface area is 191 Å². The highest BCUT2D eigenvalue weighted by Gasteiger charge is 2.30. The Hall–Kier alpha value is -3.32. The number of nitrogen functional groups attached to an aromatic ring is 1. The molecule has 1 unspecified atom stereocenters. The maximum Gasteiger partial charge on any atom is 0.416 e. The number of benzene rings is 2. The van der Waals surface area contributed by atoms with E-state index in [1.807, 2.05) is 0 Å². The van der Waals surface area contributed by atoms with Gasteiger partial charge in [-0.15, -0.1) is 0 Å². The fourth-order valence-electron chi connectivity index (χ4n) is 2.65.